The Bertz CT molecular complexity index is 476. The van der Waals surface area contributed by atoms with Gasteiger partial charge in [0.15, 0.2) is 0 Å². The Labute approximate surface area is 112 Å². The monoisotopic (exact) mass is 261 g/mol. The molecule has 6 heteroatoms. The molecule has 0 aliphatic rings. The van der Waals surface area contributed by atoms with Gasteiger partial charge >= 0.3 is 0 Å². The standard InChI is InChI=1S/C12H12ClN5/c1-3-18(4-2)9-17-12(13)11(8-16)5-10(6-14)7-15/h5,9H,3-4H2,1-2H3/b12-11-,17-9+. The molecule has 0 aromatic heterocycles. The van der Waals surface area contributed by atoms with Crippen LogP contribution >= 0.6 is 11.6 Å². The quantitative estimate of drug-likeness (QED) is 0.250. The van der Waals surface area contributed by atoms with Crippen molar-refractivity contribution in [2.24, 2.45) is 4.99 Å². The summed E-state index contributed by atoms with van der Waals surface area (Å²) in [7, 11) is 0. The molecule has 0 amide bonds. The molecule has 0 bridgehead atoms. The van der Waals surface area contributed by atoms with Gasteiger partial charge in [-0.05, 0) is 19.9 Å². The topological polar surface area (TPSA) is 87.0 Å². The zero-order valence-electron chi connectivity index (χ0n) is 10.2. The molecular formula is C12H12ClN5. The van der Waals surface area contributed by atoms with Gasteiger partial charge in [-0.25, -0.2) is 4.99 Å². The molecule has 0 unspecified atom stereocenters. The van der Waals surface area contributed by atoms with Crippen LogP contribution < -0.4 is 0 Å². The normalized spacial score (nSPS) is 10.9. The van der Waals surface area contributed by atoms with E-state index in [4.69, 9.17) is 27.4 Å². The SMILES string of the molecule is CCN(/C=N/C(Cl)=C(\C#N)C=C(C#N)C#N)CC. The Morgan fingerprint density at radius 2 is 1.72 bits per heavy atom. The van der Waals surface area contributed by atoms with Gasteiger partial charge in [-0.1, -0.05) is 11.6 Å². The maximum Gasteiger partial charge on any atom is 0.148 e. The lowest BCUT2D eigenvalue weighted by atomic mass is 10.2. The first-order valence-electron chi connectivity index (χ1n) is 5.22. The van der Waals surface area contributed by atoms with Gasteiger partial charge in [0.1, 0.15) is 28.9 Å². The second kappa shape index (κ2) is 8.82. The van der Waals surface area contributed by atoms with Gasteiger partial charge in [-0.15, -0.1) is 0 Å². The summed E-state index contributed by atoms with van der Waals surface area (Å²) >= 11 is 5.83. The third-order valence-corrected chi connectivity index (χ3v) is 2.32. The van der Waals surface area contributed by atoms with Crippen molar-refractivity contribution in [1.29, 1.82) is 15.8 Å². The maximum atomic E-state index is 8.87. The van der Waals surface area contributed by atoms with Crippen molar-refractivity contribution < 1.29 is 0 Å². The van der Waals surface area contributed by atoms with Crippen LogP contribution in [0.2, 0.25) is 0 Å². The van der Waals surface area contributed by atoms with E-state index in [9.17, 15) is 0 Å². The van der Waals surface area contributed by atoms with Gasteiger partial charge in [0, 0.05) is 13.1 Å². The van der Waals surface area contributed by atoms with Crippen LogP contribution in [0.1, 0.15) is 13.8 Å². The van der Waals surface area contributed by atoms with Crippen molar-refractivity contribution in [2.45, 2.75) is 13.8 Å². The summed E-state index contributed by atoms with van der Waals surface area (Å²) in [4.78, 5) is 5.80. The van der Waals surface area contributed by atoms with Crippen molar-refractivity contribution >= 4 is 17.9 Å². The van der Waals surface area contributed by atoms with Crippen LogP contribution in [0.25, 0.3) is 0 Å². The minimum atomic E-state index is -0.192. The highest BCUT2D eigenvalue weighted by molar-refractivity contribution is 6.30. The second-order valence-corrected chi connectivity index (χ2v) is 3.42. The lowest BCUT2D eigenvalue weighted by Gasteiger charge is -2.13. The summed E-state index contributed by atoms with van der Waals surface area (Å²) < 4.78 is 0. The highest BCUT2D eigenvalue weighted by Gasteiger charge is 2.02. The first-order chi connectivity index (χ1) is 8.62. The van der Waals surface area contributed by atoms with E-state index in [1.165, 1.54) is 6.34 Å². The summed E-state index contributed by atoms with van der Waals surface area (Å²) in [5, 5.41) is 26.0. The first-order valence-corrected chi connectivity index (χ1v) is 5.60. The van der Waals surface area contributed by atoms with E-state index >= 15 is 0 Å². The summed E-state index contributed by atoms with van der Waals surface area (Å²) in [6, 6.07) is 5.10. The third-order valence-electron chi connectivity index (χ3n) is 2.02. The summed E-state index contributed by atoms with van der Waals surface area (Å²) in [6.45, 7) is 5.45. The minimum absolute atomic E-state index is 0.0156. The van der Waals surface area contributed by atoms with E-state index in [2.05, 4.69) is 4.99 Å². The van der Waals surface area contributed by atoms with Crippen LogP contribution in [0.3, 0.4) is 0 Å². The first kappa shape index (κ1) is 15.7. The van der Waals surface area contributed by atoms with Crippen LogP contribution in [0.5, 0.6) is 0 Å². The molecule has 0 N–H and O–H groups in total. The fourth-order valence-electron chi connectivity index (χ4n) is 0.961. The Morgan fingerprint density at radius 1 is 1.17 bits per heavy atom. The van der Waals surface area contributed by atoms with Crippen LogP contribution in [-0.4, -0.2) is 24.3 Å². The lowest BCUT2D eigenvalue weighted by molar-refractivity contribution is 0.479. The smallest absolute Gasteiger partial charge is 0.148 e. The fraction of sp³-hybridized carbons (Fsp3) is 0.333. The predicted molar refractivity (Wildman–Crippen MR) is 69.2 cm³/mol. The third kappa shape index (κ3) is 5.16. The highest BCUT2D eigenvalue weighted by Crippen LogP contribution is 2.13. The molecule has 0 saturated heterocycles. The molecule has 0 rings (SSSR count). The van der Waals surface area contributed by atoms with Crippen molar-refractivity contribution in [3.63, 3.8) is 0 Å². The number of hydrogen-bond acceptors (Lipinski definition) is 4. The summed E-state index contributed by atoms with van der Waals surface area (Å²) in [5.74, 6) is 0. The Morgan fingerprint density at radius 3 is 2.11 bits per heavy atom. The maximum absolute atomic E-state index is 8.87. The van der Waals surface area contributed by atoms with Gasteiger partial charge in [0.2, 0.25) is 0 Å². The van der Waals surface area contributed by atoms with Gasteiger partial charge < -0.3 is 4.90 Å². The predicted octanol–water partition coefficient (Wildman–Crippen LogP) is 2.30. The molecule has 0 aromatic carbocycles. The zero-order valence-corrected chi connectivity index (χ0v) is 10.9. The molecule has 0 spiro atoms. The van der Waals surface area contributed by atoms with Gasteiger partial charge in [0.05, 0.1) is 11.9 Å². The molecule has 0 aromatic rings. The largest absolute Gasteiger partial charge is 0.363 e. The molecule has 0 fully saturated rings. The van der Waals surface area contributed by atoms with Crippen molar-refractivity contribution in [2.75, 3.05) is 13.1 Å². The average molecular weight is 262 g/mol. The van der Waals surface area contributed by atoms with E-state index in [0.717, 1.165) is 19.2 Å². The van der Waals surface area contributed by atoms with Crippen molar-refractivity contribution in [1.82, 2.24) is 4.90 Å². The number of allylic oxidation sites excluding steroid dienone is 3. The molecule has 92 valence electrons. The van der Waals surface area contributed by atoms with Gasteiger partial charge in [-0.2, -0.15) is 15.8 Å². The number of nitriles is 3. The molecule has 0 radical (unpaired) electrons. The lowest BCUT2D eigenvalue weighted by Crippen LogP contribution is -2.20. The van der Waals surface area contributed by atoms with Crippen LogP contribution in [0.15, 0.2) is 27.4 Å². The van der Waals surface area contributed by atoms with Gasteiger partial charge in [-0.3, -0.25) is 0 Å². The summed E-state index contributed by atoms with van der Waals surface area (Å²) in [6.07, 6.45) is 2.63. The van der Waals surface area contributed by atoms with E-state index in [1.807, 2.05) is 18.7 Å². The highest BCUT2D eigenvalue weighted by atomic mass is 35.5. The van der Waals surface area contributed by atoms with Gasteiger partial charge in [0.25, 0.3) is 0 Å². The molecule has 0 atom stereocenters. The van der Waals surface area contributed by atoms with Crippen LogP contribution in [0, 0.1) is 34.0 Å². The number of aliphatic imine (C=N–C) groups is 1. The van der Waals surface area contributed by atoms with Crippen molar-refractivity contribution in [3.05, 3.63) is 22.4 Å². The minimum Gasteiger partial charge on any atom is -0.363 e. The Balaban J connectivity index is 5.22. The van der Waals surface area contributed by atoms with Crippen LogP contribution in [0.4, 0.5) is 0 Å². The molecule has 18 heavy (non-hydrogen) atoms. The Hall–Kier alpha value is -2.29. The average Bonchev–Trinajstić information content (AvgIpc) is 2.41. The van der Waals surface area contributed by atoms with E-state index in [0.29, 0.717) is 0 Å². The Kier molecular flexibility index (Phi) is 7.69. The van der Waals surface area contributed by atoms with Crippen molar-refractivity contribution in [3.8, 4) is 18.2 Å². The molecule has 0 aliphatic carbocycles. The summed E-state index contributed by atoms with van der Waals surface area (Å²) in [5.41, 5.74) is -0.207. The fourth-order valence-corrected chi connectivity index (χ4v) is 1.10. The zero-order chi connectivity index (χ0) is 14.0. The van der Waals surface area contributed by atoms with E-state index < -0.39 is 0 Å². The van der Waals surface area contributed by atoms with E-state index in [-0.39, 0.29) is 16.3 Å². The second-order valence-electron chi connectivity index (χ2n) is 3.06. The molecular weight excluding hydrogens is 250 g/mol. The number of nitrogens with zero attached hydrogens (tertiary/aromatic N) is 5. The molecule has 0 aliphatic heterocycles. The molecule has 0 heterocycles. The number of rotatable bonds is 5. The van der Waals surface area contributed by atoms with E-state index in [1.54, 1.807) is 18.2 Å². The van der Waals surface area contributed by atoms with Crippen LogP contribution in [-0.2, 0) is 0 Å². The molecule has 0 saturated carbocycles. The number of halogens is 1. The number of hydrogen-bond donors (Lipinski definition) is 0. The molecule has 5 nitrogen and oxygen atoms in total.